The van der Waals surface area contributed by atoms with Crippen LogP contribution in [0.25, 0.3) is 5.57 Å². The Balaban J connectivity index is 1.21. The molecule has 262 valence electrons. The molecule has 0 saturated carbocycles. The molecule has 1 aromatic heterocycles. The van der Waals surface area contributed by atoms with Crippen LogP contribution < -0.4 is 10.9 Å². The number of carboxylic acid groups (broad SMARTS) is 1. The summed E-state index contributed by atoms with van der Waals surface area (Å²) in [4.78, 5) is 54.0. The molecule has 12 nitrogen and oxygen atoms in total. The van der Waals surface area contributed by atoms with Gasteiger partial charge in [-0.05, 0) is 68.2 Å². The van der Waals surface area contributed by atoms with Gasteiger partial charge in [0.05, 0.1) is 39.6 Å². The minimum absolute atomic E-state index is 0.00525. The number of aliphatic carboxylic acids is 1. The number of fused-ring (bicyclic) bond motifs is 1. The van der Waals surface area contributed by atoms with Crippen molar-refractivity contribution in [3.63, 3.8) is 0 Å². The first-order valence-corrected chi connectivity index (χ1v) is 16.7. The number of aryl methyl sites for hydroxylation is 2. The highest BCUT2D eigenvalue weighted by atomic mass is 16.6. The van der Waals surface area contributed by atoms with Crippen molar-refractivity contribution in [1.82, 2.24) is 15.2 Å². The zero-order valence-electron chi connectivity index (χ0n) is 28.5. The van der Waals surface area contributed by atoms with E-state index in [1.54, 1.807) is 0 Å². The van der Waals surface area contributed by atoms with E-state index < -0.39 is 5.97 Å². The third kappa shape index (κ3) is 9.85. The van der Waals surface area contributed by atoms with Crippen LogP contribution in [0.1, 0.15) is 60.6 Å². The molecule has 4 rings (SSSR count). The third-order valence-corrected chi connectivity index (χ3v) is 9.30. The van der Waals surface area contributed by atoms with E-state index in [4.69, 9.17) is 24.1 Å². The van der Waals surface area contributed by atoms with Gasteiger partial charge in [0, 0.05) is 42.4 Å². The number of nitrogens with one attached hydrogen (secondary N) is 2. The van der Waals surface area contributed by atoms with Gasteiger partial charge in [-0.2, -0.15) is 0 Å². The molecule has 2 aromatic rings. The third-order valence-electron chi connectivity index (χ3n) is 9.30. The second-order valence-corrected chi connectivity index (χ2v) is 12.5. The lowest BCUT2D eigenvalue weighted by atomic mass is 9.74. The number of rotatable bonds is 18. The number of carbonyl (C=O) groups excluding carboxylic acids is 2. The van der Waals surface area contributed by atoms with Crippen LogP contribution >= 0.6 is 0 Å². The van der Waals surface area contributed by atoms with E-state index >= 15 is 0 Å². The number of hydrogen-bond donors (Lipinski definition) is 3. The second kappa shape index (κ2) is 18.1. The minimum Gasteiger partial charge on any atom is -0.480 e. The molecule has 0 radical (unpaired) electrons. The summed E-state index contributed by atoms with van der Waals surface area (Å²) in [5, 5.41) is 11.5. The highest BCUT2D eigenvalue weighted by Gasteiger charge is 2.39. The lowest BCUT2D eigenvalue weighted by Gasteiger charge is -2.37. The van der Waals surface area contributed by atoms with E-state index in [1.807, 2.05) is 49.9 Å². The molecule has 1 aliphatic heterocycles. The number of carboxylic acids is 1. The Labute approximate surface area is 281 Å². The Hall–Kier alpha value is -3.84. The van der Waals surface area contributed by atoms with Gasteiger partial charge in [-0.3, -0.25) is 14.4 Å². The highest BCUT2D eigenvalue weighted by Crippen LogP contribution is 2.49. The van der Waals surface area contributed by atoms with Crippen molar-refractivity contribution in [3.8, 4) is 0 Å². The fraction of sp³-hybridized carbons (Fsp3) is 0.556. The molecule has 1 aliphatic carbocycles. The molecule has 3 N–H and O–H groups in total. The summed E-state index contributed by atoms with van der Waals surface area (Å²) in [6.45, 7) is 11.0. The van der Waals surface area contributed by atoms with Gasteiger partial charge in [0.2, 0.25) is 5.91 Å². The van der Waals surface area contributed by atoms with E-state index in [0.717, 1.165) is 40.8 Å². The predicted octanol–water partition coefficient (Wildman–Crippen LogP) is 3.20. The van der Waals surface area contributed by atoms with Crippen LogP contribution in [0.5, 0.6) is 0 Å². The molecular formula is C36H49N3O9. The largest absolute Gasteiger partial charge is 0.480 e. The Morgan fingerprint density at radius 3 is 2.17 bits per heavy atom. The summed E-state index contributed by atoms with van der Waals surface area (Å²) in [5.74, 6) is -0.469. The SMILES string of the molecule is CC1=C(C(=O)NCc2c(C)cc(C)[nH]c2=O)c2ccccc2C1C(C)C1CCN(C(=O)COCCOCCOCCOCC(=O)O)CC1. The Morgan fingerprint density at radius 1 is 0.938 bits per heavy atom. The molecule has 12 heteroatoms. The zero-order chi connectivity index (χ0) is 34.6. The monoisotopic (exact) mass is 667 g/mol. The van der Waals surface area contributed by atoms with Crippen molar-refractivity contribution in [1.29, 1.82) is 0 Å². The summed E-state index contributed by atoms with van der Waals surface area (Å²) < 4.78 is 21.2. The molecule has 1 fully saturated rings. The van der Waals surface area contributed by atoms with Gasteiger partial charge in [0.1, 0.15) is 13.2 Å². The van der Waals surface area contributed by atoms with Gasteiger partial charge in [-0.1, -0.05) is 36.8 Å². The molecule has 2 atom stereocenters. The number of aromatic amines is 1. The van der Waals surface area contributed by atoms with Crippen LogP contribution in [0.4, 0.5) is 0 Å². The van der Waals surface area contributed by atoms with E-state index in [0.29, 0.717) is 63.2 Å². The van der Waals surface area contributed by atoms with Crippen molar-refractivity contribution in [2.75, 3.05) is 65.9 Å². The number of nitrogens with zero attached hydrogens (tertiary/aromatic N) is 1. The van der Waals surface area contributed by atoms with Gasteiger partial charge in [0.15, 0.2) is 0 Å². The number of piperidine rings is 1. The van der Waals surface area contributed by atoms with Crippen LogP contribution in [0.15, 0.2) is 40.7 Å². The zero-order valence-corrected chi connectivity index (χ0v) is 28.5. The highest BCUT2D eigenvalue weighted by molar-refractivity contribution is 6.22. The van der Waals surface area contributed by atoms with Crippen LogP contribution in [0, 0.1) is 25.7 Å². The number of amides is 2. The standard InChI is InChI=1S/C36H49N3O9/c1-23-19-24(2)38-35(43)30(23)20-37-36(44)34-26(4)33(28-7-5-6-8-29(28)34)25(3)27-9-11-39(12-10-27)31(40)21-47-17-15-45-13-14-46-16-18-48-22-32(41)42/h5-8,19,25,27,33H,9-18,20-22H2,1-4H3,(H,37,44)(H,38,43)(H,41,42). The maximum atomic E-state index is 13.6. The Kier molecular flexibility index (Phi) is 13.9. The van der Waals surface area contributed by atoms with Crippen LogP contribution in [-0.2, 0) is 39.9 Å². The number of ether oxygens (including phenoxy) is 4. The molecule has 1 saturated heterocycles. The van der Waals surface area contributed by atoms with E-state index in [2.05, 4.69) is 23.3 Å². The molecule has 0 bridgehead atoms. The Morgan fingerprint density at radius 2 is 1.54 bits per heavy atom. The molecular weight excluding hydrogens is 618 g/mol. The molecule has 48 heavy (non-hydrogen) atoms. The smallest absolute Gasteiger partial charge is 0.329 e. The molecule has 2 aliphatic rings. The van der Waals surface area contributed by atoms with Gasteiger partial charge >= 0.3 is 5.97 Å². The van der Waals surface area contributed by atoms with Crippen LogP contribution in [-0.4, -0.2) is 98.7 Å². The van der Waals surface area contributed by atoms with Crippen molar-refractivity contribution < 1.29 is 38.4 Å². The number of pyridine rings is 1. The van der Waals surface area contributed by atoms with Crippen molar-refractivity contribution in [2.24, 2.45) is 11.8 Å². The summed E-state index contributed by atoms with van der Waals surface area (Å²) in [6.07, 6.45) is 1.75. The minimum atomic E-state index is -1.01. The van der Waals surface area contributed by atoms with E-state index in [9.17, 15) is 19.2 Å². The van der Waals surface area contributed by atoms with Gasteiger partial charge in [-0.15, -0.1) is 0 Å². The molecule has 2 amide bonds. The summed E-state index contributed by atoms with van der Waals surface area (Å²) in [5.41, 5.74) is 5.85. The maximum absolute atomic E-state index is 13.6. The molecule has 2 heterocycles. The van der Waals surface area contributed by atoms with Crippen LogP contribution in [0.3, 0.4) is 0 Å². The van der Waals surface area contributed by atoms with Crippen LogP contribution in [0.2, 0.25) is 0 Å². The fourth-order valence-electron chi connectivity index (χ4n) is 6.85. The van der Waals surface area contributed by atoms with Crippen molar-refractivity contribution in [3.05, 3.63) is 74.2 Å². The van der Waals surface area contributed by atoms with Crippen molar-refractivity contribution in [2.45, 2.75) is 53.0 Å². The predicted molar refractivity (Wildman–Crippen MR) is 180 cm³/mol. The molecule has 0 spiro atoms. The number of H-pyrrole nitrogens is 1. The average molecular weight is 668 g/mol. The lowest BCUT2D eigenvalue weighted by Crippen LogP contribution is -2.42. The number of allylic oxidation sites excluding steroid dienone is 1. The van der Waals surface area contributed by atoms with Crippen molar-refractivity contribution >= 4 is 23.4 Å². The summed E-state index contributed by atoms with van der Waals surface area (Å²) in [6, 6.07) is 10.0. The first-order chi connectivity index (χ1) is 23.1. The quantitative estimate of drug-likeness (QED) is 0.203. The number of carbonyl (C=O) groups is 3. The second-order valence-electron chi connectivity index (χ2n) is 12.5. The van der Waals surface area contributed by atoms with Gasteiger partial charge in [0.25, 0.3) is 11.5 Å². The van der Waals surface area contributed by atoms with Gasteiger partial charge in [-0.25, -0.2) is 4.79 Å². The fourth-order valence-corrected chi connectivity index (χ4v) is 6.85. The number of hydrogen-bond acceptors (Lipinski definition) is 8. The topological polar surface area (TPSA) is 156 Å². The van der Waals surface area contributed by atoms with Gasteiger partial charge < -0.3 is 39.3 Å². The lowest BCUT2D eigenvalue weighted by molar-refractivity contribution is -0.143. The normalized spacial score (nSPS) is 17.0. The number of aromatic nitrogens is 1. The number of benzene rings is 1. The van der Waals surface area contributed by atoms with E-state index in [1.165, 1.54) is 0 Å². The number of likely N-dealkylation sites (tertiary alicyclic amines) is 1. The first-order valence-electron chi connectivity index (χ1n) is 16.7. The molecule has 1 aromatic carbocycles. The summed E-state index contributed by atoms with van der Waals surface area (Å²) in [7, 11) is 0. The first kappa shape index (κ1) is 37.0. The summed E-state index contributed by atoms with van der Waals surface area (Å²) >= 11 is 0. The average Bonchev–Trinajstić information content (AvgIpc) is 3.35. The Bertz CT molecular complexity index is 1510. The molecule has 2 unspecified atom stereocenters. The maximum Gasteiger partial charge on any atom is 0.329 e. The van der Waals surface area contributed by atoms with E-state index in [-0.39, 0.29) is 55.6 Å².